The number of aryl methyl sites for hydroxylation is 2. The molecule has 0 amide bonds. The lowest BCUT2D eigenvalue weighted by Gasteiger charge is -2.07. The van der Waals surface area contributed by atoms with Crippen LogP contribution in [0.3, 0.4) is 0 Å². The summed E-state index contributed by atoms with van der Waals surface area (Å²) in [6.45, 7) is 2.63. The Balaban J connectivity index is 1.44. The molecule has 0 spiro atoms. The van der Waals surface area contributed by atoms with Crippen LogP contribution in [0.5, 0.6) is 0 Å². The number of nitrogens with one attached hydrogen (secondary N) is 1. The molecule has 0 atom stereocenters. The SMILES string of the molecule is Cc1ncccc1Cn1nnc2cc(-c3ccnc(Nc4ccnn4C)n3)ccc21. The van der Waals surface area contributed by atoms with Gasteiger partial charge in [-0.1, -0.05) is 17.3 Å². The van der Waals surface area contributed by atoms with Gasteiger partial charge in [-0.2, -0.15) is 5.10 Å². The van der Waals surface area contributed by atoms with E-state index in [2.05, 4.69) is 41.7 Å². The van der Waals surface area contributed by atoms with Gasteiger partial charge in [-0.15, -0.1) is 5.10 Å². The molecule has 0 unspecified atom stereocenters. The quantitative estimate of drug-likeness (QED) is 0.486. The Morgan fingerprint density at radius 3 is 2.77 bits per heavy atom. The van der Waals surface area contributed by atoms with Gasteiger partial charge in [0, 0.05) is 36.8 Å². The first-order valence-electron chi connectivity index (χ1n) is 9.49. The highest BCUT2D eigenvalue weighted by Gasteiger charge is 2.10. The number of rotatable bonds is 5. The van der Waals surface area contributed by atoms with Crippen molar-refractivity contribution in [1.29, 1.82) is 0 Å². The van der Waals surface area contributed by atoms with Crippen LogP contribution in [-0.2, 0) is 13.6 Å². The summed E-state index contributed by atoms with van der Waals surface area (Å²) in [5.41, 5.74) is 5.64. The number of fused-ring (bicyclic) bond motifs is 1. The Hall–Kier alpha value is -4.14. The molecule has 0 aliphatic carbocycles. The van der Waals surface area contributed by atoms with Crippen LogP contribution >= 0.6 is 0 Å². The van der Waals surface area contributed by atoms with Crippen molar-refractivity contribution in [3.05, 3.63) is 72.3 Å². The van der Waals surface area contributed by atoms with Crippen molar-refractivity contribution in [3.63, 3.8) is 0 Å². The molecule has 9 nitrogen and oxygen atoms in total. The van der Waals surface area contributed by atoms with E-state index in [0.717, 1.165) is 39.4 Å². The van der Waals surface area contributed by atoms with E-state index in [4.69, 9.17) is 0 Å². The van der Waals surface area contributed by atoms with Gasteiger partial charge in [0.25, 0.3) is 0 Å². The van der Waals surface area contributed by atoms with Gasteiger partial charge in [-0.25, -0.2) is 14.6 Å². The highest BCUT2D eigenvalue weighted by atomic mass is 15.4. The summed E-state index contributed by atoms with van der Waals surface area (Å²) in [5, 5.41) is 16.0. The minimum absolute atomic E-state index is 0.506. The van der Waals surface area contributed by atoms with E-state index in [1.165, 1.54) is 0 Å². The number of pyridine rings is 1. The minimum Gasteiger partial charge on any atom is -0.309 e. The molecule has 0 bridgehead atoms. The van der Waals surface area contributed by atoms with Crippen molar-refractivity contribution in [1.82, 2.24) is 39.7 Å². The number of aromatic nitrogens is 8. The summed E-state index contributed by atoms with van der Waals surface area (Å²) < 4.78 is 3.61. The summed E-state index contributed by atoms with van der Waals surface area (Å²) in [6, 6.07) is 13.8. The van der Waals surface area contributed by atoms with Gasteiger partial charge in [0.2, 0.25) is 5.95 Å². The maximum absolute atomic E-state index is 4.63. The van der Waals surface area contributed by atoms with E-state index in [1.54, 1.807) is 23.3 Å². The van der Waals surface area contributed by atoms with Crippen LogP contribution < -0.4 is 5.32 Å². The Bertz CT molecular complexity index is 1340. The predicted molar refractivity (Wildman–Crippen MR) is 113 cm³/mol. The summed E-state index contributed by atoms with van der Waals surface area (Å²) in [6.07, 6.45) is 5.24. The molecule has 0 saturated carbocycles. The standard InChI is InChI=1S/C21H19N9/c1-14-16(4-3-9-22-14)13-30-19-6-5-15(12-18(19)27-28-30)17-7-10-23-21(25-17)26-20-8-11-24-29(20)2/h3-12H,13H2,1-2H3,(H,23,25,26). The lowest BCUT2D eigenvalue weighted by atomic mass is 10.1. The molecule has 5 rings (SSSR count). The Morgan fingerprint density at radius 1 is 1.00 bits per heavy atom. The second-order valence-corrected chi connectivity index (χ2v) is 6.93. The second-order valence-electron chi connectivity index (χ2n) is 6.93. The third-order valence-electron chi connectivity index (χ3n) is 4.96. The van der Waals surface area contributed by atoms with Crippen molar-refractivity contribution < 1.29 is 0 Å². The van der Waals surface area contributed by atoms with Crippen LogP contribution in [0.15, 0.2) is 61.1 Å². The predicted octanol–water partition coefficient (Wildman–Crippen LogP) is 3.12. The van der Waals surface area contributed by atoms with Crippen molar-refractivity contribution in [2.24, 2.45) is 7.05 Å². The van der Waals surface area contributed by atoms with Gasteiger partial charge in [0.1, 0.15) is 11.3 Å². The van der Waals surface area contributed by atoms with Crippen LogP contribution in [0.1, 0.15) is 11.3 Å². The molecule has 5 aromatic rings. The minimum atomic E-state index is 0.506. The van der Waals surface area contributed by atoms with Gasteiger partial charge in [-0.05, 0) is 36.8 Å². The summed E-state index contributed by atoms with van der Waals surface area (Å²) in [4.78, 5) is 13.3. The zero-order valence-corrected chi connectivity index (χ0v) is 16.6. The van der Waals surface area contributed by atoms with Crippen LogP contribution in [0.4, 0.5) is 11.8 Å². The largest absolute Gasteiger partial charge is 0.309 e. The molecule has 1 aromatic carbocycles. The molecule has 30 heavy (non-hydrogen) atoms. The number of nitrogens with zero attached hydrogens (tertiary/aromatic N) is 8. The Morgan fingerprint density at radius 2 is 1.93 bits per heavy atom. The van der Waals surface area contributed by atoms with E-state index in [-0.39, 0.29) is 0 Å². The van der Waals surface area contributed by atoms with Crippen molar-refractivity contribution in [3.8, 4) is 11.3 Å². The molecule has 0 aliphatic heterocycles. The average Bonchev–Trinajstić information content (AvgIpc) is 3.35. The number of hydrogen-bond donors (Lipinski definition) is 1. The topological polar surface area (TPSA) is 99.2 Å². The first-order chi connectivity index (χ1) is 14.7. The molecule has 0 saturated heterocycles. The number of anilines is 2. The highest BCUT2D eigenvalue weighted by molar-refractivity contribution is 5.80. The summed E-state index contributed by atoms with van der Waals surface area (Å²) in [5.74, 6) is 1.32. The fraction of sp³-hybridized carbons (Fsp3) is 0.143. The smallest absolute Gasteiger partial charge is 0.228 e. The first-order valence-corrected chi connectivity index (χ1v) is 9.49. The Labute approximate surface area is 172 Å². The van der Waals surface area contributed by atoms with Crippen molar-refractivity contribution >= 4 is 22.8 Å². The van der Waals surface area contributed by atoms with Crippen molar-refractivity contribution in [2.45, 2.75) is 13.5 Å². The van der Waals surface area contributed by atoms with E-state index in [9.17, 15) is 0 Å². The zero-order valence-electron chi connectivity index (χ0n) is 16.6. The monoisotopic (exact) mass is 397 g/mol. The van der Waals surface area contributed by atoms with Gasteiger partial charge in [0.05, 0.1) is 24.0 Å². The maximum atomic E-state index is 4.63. The lowest BCUT2D eigenvalue weighted by molar-refractivity contribution is 0.665. The normalized spacial score (nSPS) is 11.1. The van der Waals surface area contributed by atoms with Gasteiger partial charge >= 0.3 is 0 Å². The molecule has 4 heterocycles. The van der Waals surface area contributed by atoms with E-state index >= 15 is 0 Å². The maximum Gasteiger partial charge on any atom is 0.228 e. The fourth-order valence-corrected chi connectivity index (χ4v) is 3.29. The molecule has 9 heteroatoms. The van der Waals surface area contributed by atoms with E-state index in [1.807, 2.05) is 55.1 Å². The number of hydrogen-bond acceptors (Lipinski definition) is 7. The molecule has 0 aliphatic rings. The molecular weight excluding hydrogens is 378 g/mol. The first kappa shape index (κ1) is 17.9. The molecular formula is C21H19N9. The van der Waals surface area contributed by atoms with Gasteiger partial charge in [0.15, 0.2) is 0 Å². The van der Waals surface area contributed by atoms with Crippen LogP contribution in [0.25, 0.3) is 22.3 Å². The van der Waals surface area contributed by atoms with E-state index in [0.29, 0.717) is 12.5 Å². The second kappa shape index (κ2) is 7.36. The van der Waals surface area contributed by atoms with Crippen molar-refractivity contribution in [2.75, 3.05) is 5.32 Å². The molecule has 148 valence electrons. The molecule has 4 aromatic heterocycles. The van der Waals surface area contributed by atoms with E-state index < -0.39 is 0 Å². The molecule has 1 N–H and O–H groups in total. The summed E-state index contributed by atoms with van der Waals surface area (Å²) in [7, 11) is 1.86. The number of benzene rings is 1. The average molecular weight is 397 g/mol. The van der Waals surface area contributed by atoms with Gasteiger partial charge < -0.3 is 5.32 Å². The Kier molecular flexibility index (Phi) is 4.40. The molecule has 0 radical (unpaired) electrons. The molecule has 0 fully saturated rings. The lowest BCUT2D eigenvalue weighted by Crippen LogP contribution is -2.04. The highest BCUT2D eigenvalue weighted by Crippen LogP contribution is 2.23. The third kappa shape index (κ3) is 3.37. The van der Waals surface area contributed by atoms with Gasteiger partial charge in [-0.3, -0.25) is 9.67 Å². The summed E-state index contributed by atoms with van der Waals surface area (Å²) >= 11 is 0. The fourth-order valence-electron chi connectivity index (χ4n) is 3.29. The van der Waals surface area contributed by atoms with Crippen LogP contribution in [-0.4, -0.2) is 39.7 Å². The van der Waals surface area contributed by atoms with Crippen LogP contribution in [0, 0.1) is 6.92 Å². The third-order valence-corrected chi connectivity index (χ3v) is 4.96. The zero-order chi connectivity index (χ0) is 20.5. The van der Waals surface area contributed by atoms with Crippen LogP contribution in [0.2, 0.25) is 0 Å².